The third-order valence-corrected chi connectivity index (χ3v) is 1.44. The highest BCUT2D eigenvalue weighted by Crippen LogP contribution is 2.10. The van der Waals surface area contributed by atoms with Crippen molar-refractivity contribution in [3.05, 3.63) is 40.1 Å². The van der Waals surface area contributed by atoms with Crippen LogP contribution in [0.1, 0.15) is 15.9 Å². The minimum atomic E-state index is -1.08. The molecule has 0 heterocycles. The van der Waals surface area contributed by atoms with Gasteiger partial charge in [-0.2, -0.15) is 0 Å². The van der Waals surface area contributed by atoms with Crippen LogP contribution >= 0.6 is 0 Å². The van der Waals surface area contributed by atoms with Gasteiger partial charge in [0.1, 0.15) is 5.82 Å². The molecule has 0 spiro atoms. The standard InChI is InChI=1S/C8H6FNO2/c1-5-2-3-6(7(9)4-5)8(11)10-12/h2-4H,1H3. The molecule has 62 valence electrons. The zero-order chi connectivity index (χ0) is 9.14. The second kappa shape index (κ2) is 3.21. The fourth-order valence-corrected chi connectivity index (χ4v) is 0.843. The molecule has 0 N–H and O–H groups in total. The van der Waals surface area contributed by atoms with E-state index in [9.17, 15) is 14.1 Å². The number of rotatable bonds is 1. The summed E-state index contributed by atoms with van der Waals surface area (Å²) in [6, 6.07) is 3.97. The summed E-state index contributed by atoms with van der Waals surface area (Å²) in [5.74, 6) is -1.79. The molecule has 1 amide bonds. The number of halogens is 1. The Hall–Kier alpha value is -1.58. The number of nitrogens with zero attached hydrogens (tertiary/aromatic N) is 1. The zero-order valence-electron chi connectivity index (χ0n) is 6.37. The van der Waals surface area contributed by atoms with Gasteiger partial charge in [-0.25, -0.2) is 4.39 Å². The second-order valence-corrected chi connectivity index (χ2v) is 2.38. The fourth-order valence-electron chi connectivity index (χ4n) is 0.843. The molecule has 12 heavy (non-hydrogen) atoms. The lowest BCUT2D eigenvalue weighted by molar-refractivity contribution is 0.0997. The van der Waals surface area contributed by atoms with Crippen molar-refractivity contribution in [2.24, 2.45) is 5.18 Å². The van der Waals surface area contributed by atoms with Crippen LogP contribution < -0.4 is 0 Å². The van der Waals surface area contributed by atoms with Gasteiger partial charge in [-0.05, 0) is 24.6 Å². The lowest BCUT2D eigenvalue weighted by Crippen LogP contribution is -1.97. The molecule has 0 atom stereocenters. The molecule has 1 aromatic carbocycles. The van der Waals surface area contributed by atoms with Crippen molar-refractivity contribution < 1.29 is 9.18 Å². The number of benzene rings is 1. The second-order valence-electron chi connectivity index (χ2n) is 2.38. The van der Waals surface area contributed by atoms with E-state index in [-0.39, 0.29) is 5.56 Å². The Kier molecular flexibility index (Phi) is 2.28. The van der Waals surface area contributed by atoms with E-state index in [2.05, 4.69) is 5.18 Å². The predicted octanol–water partition coefficient (Wildman–Crippen LogP) is 2.04. The van der Waals surface area contributed by atoms with Crippen molar-refractivity contribution in [2.45, 2.75) is 6.92 Å². The van der Waals surface area contributed by atoms with Gasteiger partial charge in [0.05, 0.1) is 5.56 Å². The van der Waals surface area contributed by atoms with Crippen molar-refractivity contribution in [2.75, 3.05) is 0 Å². The van der Waals surface area contributed by atoms with Crippen molar-refractivity contribution >= 4 is 5.91 Å². The number of amides is 1. The average molecular weight is 167 g/mol. The van der Waals surface area contributed by atoms with Gasteiger partial charge >= 0.3 is 5.91 Å². The molecule has 0 saturated heterocycles. The first kappa shape index (κ1) is 8.52. The first-order valence-corrected chi connectivity index (χ1v) is 3.29. The monoisotopic (exact) mass is 167 g/mol. The van der Waals surface area contributed by atoms with Crippen molar-refractivity contribution in [3.8, 4) is 0 Å². The third kappa shape index (κ3) is 1.53. The third-order valence-electron chi connectivity index (χ3n) is 1.44. The lowest BCUT2D eigenvalue weighted by atomic mass is 10.1. The van der Waals surface area contributed by atoms with E-state index in [0.29, 0.717) is 5.56 Å². The quantitative estimate of drug-likeness (QED) is 0.601. The van der Waals surface area contributed by atoms with Gasteiger partial charge in [-0.15, -0.1) is 4.91 Å². The first-order valence-electron chi connectivity index (χ1n) is 3.29. The summed E-state index contributed by atoms with van der Waals surface area (Å²) in [4.78, 5) is 20.4. The number of nitroso groups, excluding NO2 is 1. The molecule has 0 aliphatic rings. The number of hydrogen-bond donors (Lipinski definition) is 0. The van der Waals surface area contributed by atoms with E-state index in [1.807, 2.05) is 0 Å². The molecule has 0 unspecified atom stereocenters. The Bertz CT molecular complexity index is 336. The summed E-state index contributed by atoms with van der Waals surface area (Å²) in [5.41, 5.74) is 0.408. The van der Waals surface area contributed by atoms with Crippen LogP contribution in [0.4, 0.5) is 4.39 Å². The van der Waals surface area contributed by atoms with Crippen LogP contribution in [-0.2, 0) is 0 Å². The molecule has 3 nitrogen and oxygen atoms in total. The SMILES string of the molecule is Cc1ccc(C(=O)N=O)c(F)c1. The van der Waals surface area contributed by atoms with E-state index in [4.69, 9.17) is 0 Å². The molecule has 4 heteroatoms. The molecule has 1 rings (SSSR count). The topological polar surface area (TPSA) is 46.5 Å². The van der Waals surface area contributed by atoms with E-state index in [0.717, 1.165) is 0 Å². The van der Waals surface area contributed by atoms with Crippen molar-refractivity contribution in [1.29, 1.82) is 0 Å². The minimum Gasteiger partial charge on any atom is -0.263 e. The Morgan fingerprint density at radius 3 is 2.67 bits per heavy atom. The Labute approximate surface area is 68.2 Å². The summed E-state index contributed by atoms with van der Waals surface area (Å²) in [6.45, 7) is 1.69. The van der Waals surface area contributed by atoms with E-state index in [1.165, 1.54) is 12.1 Å². The van der Waals surface area contributed by atoms with Gasteiger partial charge in [-0.3, -0.25) is 4.79 Å². The van der Waals surface area contributed by atoms with Crippen molar-refractivity contribution in [3.63, 3.8) is 0 Å². The van der Waals surface area contributed by atoms with Crippen LogP contribution in [-0.4, -0.2) is 5.91 Å². The average Bonchev–Trinajstić information content (AvgIpc) is 2.03. The van der Waals surface area contributed by atoms with Crippen molar-refractivity contribution in [1.82, 2.24) is 0 Å². The molecule has 0 aliphatic carbocycles. The zero-order valence-corrected chi connectivity index (χ0v) is 6.37. The molecule has 0 saturated carbocycles. The molecular formula is C8H6FNO2. The Morgan fingerprint density at radius 1 is 1.50 bits per heavy atom. The molecule has 0 bridgehead atoms. The van der Waals surface area contributed by atoms with Gasteiger partial charge in [0, 0.05) is 5.18 Å². The first-order chi connectivity index (χ1) is 5.65. The minimum absolute atomic E-state index is 0.282. The largest absolute Gasteiger partial charge is 0.319 e. The summed E-state index contributed by atoms with van der Waals surface area (Å²) in [6.07, 6.45) is 0. The maximum Gasteiger partial charge on any atom is 0.319 e. The summed E-state index contributed by atoms with van der Waals surface area (Å²) in [7, 11) is 0. The predicted molar refractivity (Wildman–Crippen MR) is 41.3 cm³/mol. The number of carbonyl (C=O) groups excluding carboxylic acids is 1. The smallest absolute Gasteiger partial charge is 0.263 e. The van der Waals surface area contributed by atoms with E-state index < -0.39 is 11.7 Å². The maximum atomic E-state index is 12.9. The number of carbonyl (C=O) groups is 1. The summed E-state index contributed by atoms with van der Waals surface area (Å²) >= 11 is 0. The van der Waals surface area contributed by atoms with Crippen LogP contribution in [0.2, 0.25) is 0 Å². The Morgan fingerprint density at radius 2 is 2.17 bits per heavy atom. The van der Waals surface area contributed by atoms with Gasteiger partial charge in [-0.1, -0.05) is 6.07 Å². The molecule has 0 aromatic heterocycles. The van der Waals surface area contributed by atoms with Gasteiger partial charge in [0.15, 0.2) is 0 Å². The van der Waals surface area contributed by atoms with Crippen LogP contribution in [0.25, 0.3) is 0 Å². The van der Waals surface area contributed by atoms with Gasteiger partial charge < -0.3 is 0 Å². The molecule has 0 radical (unpaired) electrons. The van der Waals surface area contributed by atoms with Gasteiger partial charge in [0.2, 0.25) is 0 Å². The molecular weight excluding hydrogens is 161 g/mol. The summed E-state index contributed by atoms with van der Waals surface area (Å²) in [5, 5.41) is 2.12. The highest BCUT2D eigenvalue weighted by molar-refractivity contribution is 5.95. The van der Waals surface area contributed by atoms with Crippen LogP contribution in [0.15, 0.2) is 23.4 Å². The molecule has 0 fully saturated rings. The highest BCUT2D eigenvalue weighted by Gasteiger charge is 2.10. The highest BCUT2D eigenvalue weighted by atomic mass is 19.1. The van der Waals surface area contributed by atoms with Gasteiger partial charge in [0.25, 0.3) is 0 Å². The lowest BCUT2D eigenvalue weighted by Gasteiger charge is -1.96. The molecule has 0 aliphatic heterocycles. The Balaban J connectivity index is 3.18. The maximum absolute atomic E-state index is 12.9. The normalized spacial score (nSPS) is 9.50. The fraction of sp³-hybridized carbons (Fsp3) is 0.125. The van der Waals surface area contributed by atoms with Crippen LogP contribution in [0, 0.1) is 17.6 Å². The number of aryl methyl sites for hydroxylation is 1. The summed E-state index contributed by atoms with van der Waals surface area (Å²) < 4.78 is 12.9. The van der Waals surface area contributed by atoms with E-state index >= 15 is 0 Å². The molecule has 1 aromatic rings. The van der Waals surface area contributed by atoms with Crippen LogP contribution in [0.3, 0.4) is 0 Å². The van der Waals surface area contributed by atoms with E-state index in [1.54, 1.807) is 13.0 Å². The number of hydrogen-bond acceptors (Lipinski definition) is 2. The van der Waals surface area contributed by atoms with Crippen LogP contribution in [0.5, 0.6) is 0 Å².